The van der Waals surface area contributed by atoms with E-state index in [1.807, 2.05) is 60.7 Å². The summed E-state index contributed by atoms with van der Waals surface area (Å²) in [6.45, 7) is 26.7. The molecule has 0 aromatic heterocycles. The van der Waals surface area contributed by atoms with Gasteiger partial charge in [0.1, 0.15) is 18.9 Å². The van der Waals surface area contributed by atoms with Crippen molar-refractivity contribution in [1.82, 2.24) is 0 Å². The topological polar surface area (TPSA) is 51.2 Å². The highest BCUT2D eigenvalue weighted by Gasteiger charge is 2.23. The second-order valence-corrected chi connectivity index (χ2v) is 22.8. The molecule has 0 bridgehead atoms. The van der Waals surface area contributed by atoms with Gasteiger partial charge in [0.25, 0.3) is 0 Å². The van der Waals surface area contributed by atoms with Crippen molar-refractivity contribution in [1.29, 1.82) is 0 Å². The Hall–Kier alpha value is -8.01. The lowest BCUT2D eigenvalue weighted by Gasteiger charge is -2.25. The molecule has 0 aliphatic heterocycles. The van der Waals surface area contributed by atoms with Crippen LogP contribution < -0.4 is 0 Å². The highest BCUT2D eigenvalue weighted by molar-refractivity contribution is 5.76. The van der Waals surface area contributed by atoms with E-state index >= 15 is 0 Å². The van der Waals surface area contributed by atoms with Crippen molar-refractivity contribution in [3.63, 3.8) is 0 Å². The normalized spacial score (nSPS) is 11.2. The number of carbonyl (C=O) groups is 3. The first kappa shape index (κ1) is 58.7. The standard InChI is InChI=1S/C32H40O.C24H24O.C20H16O/c1-20(2)26-13-27(21(3)4)16-30(15-26)32(25-11-9-24(19-33)10-12-25)31-17-28(22(5)6)14-29(18-31)23(7)8;1-16-9-17(2)12-22(11-16)24(21-7-5-20(15-25)6-8-21)23-13-18(3)10-19(4)14-23;21-15-16-11-13-19(14-12-16)20(17-7-3-1-4-8-17)18-9-5-2-6-10-18/h9-23,32H,1-8H3;5-15,24H,1-4H3;1-15,20H. The molecule has 0 fully saturated rings. The molecule has 0 aliphatic rings. The zero-order valence-corrected chi connectivity index (χ0v) is 48.6. The van der Waals surface area contributed by atoms with Crippen molar-refractivity contribution in [2.45, 2.75) is 125 Å². The Morgan fingerprint density at radius 3 is 0.658 bits per heavy atom. The number of carbonyl (C=O) groups excluding carboxylic acids is 3. The van der Waals surface area contributed by atoms with Crippen LogP contribution in [0.4, 0.5) is 0 Å². The quantitative estimate of drug-likeness (QED) is 0.0716. The molecule has 0 unspecified atom stereocenters. The van der Waals surface area contributed by atoms with Crippen LogP contribution in [-0.2, 0) is 0 Å². The number of aldehydes is 3. The fourth-order valence-corrected chi connectivity index (χ4v) is 10.7. The Labute approximate surface area is 472 Å². The lowest BCUT2D eigenvalue weighted by molar-refractivity contribution is 0.111. The zero-order valence-electron chi connectivity index (χ0n) is 48.6. The van der Waals surface area contributed by atoms with E-state index in [1.165, 1.54) is 94.6 Å². The number of hydrogen-bond acceptors (Lipinski definition) is 3. The summed E-state index contributed by atoms with van der Waals surface area (Å²) >= 11 is 0. The maximum atomic E-state index is 11.3. The predicted molar refractivity (Wildman–Crippen MR) is 332 cm³/mol. The summed E-state index contributed by atoms with van der Waals surface area (Å²) in [7, 11) is 0. The number of aryl methyl sites for hydroxylation is 4. The Morgan fingerprint density at radius 2 is 0.430 bits per heavy atom. The third kappa shape index (κ3) is 15.6. The molecule has 79 heavy (non-hydrogen) atoms. The Kier molecular flexibility index (Phi) is 20.4. The van der Waals surface area contributed by atoms with Crippen molar-refractivity contribution in [2.24, 2.45) is 0 Å². The molecule has 0 radical (unpaired) electrons. The Bertz CT molecular complexity index is 3170. The minimum atomic E-state index is 0.123. The van der Waals surface area contributed by atoms with Crippen LogP contribution >= 0.6 is 0 Å². The van der Waals surface area contributed by atoms with E-state index in [-0.39, 0.29) is 17.8 Å². The number of hydrogen-bond donors (Lipinski definition) is 0. The van der Waals surface area contributed by atoms with E-state index in [4.69, 9.17) is 0 Å². The molecule has 0 heterocycles. The van der Waals surface area contributed by atoms with E-state index in [1.54, 1.807) is 0 Å². The van der Waals surface area contributed by atoms with E-state index in [0.29, 0.717) is 34.8 Å². The molecule has 9 rings (SSSR count). The lowest BCUT2D eigenvalue weighted by Crippen LogP contribution is -2.08. The smallest absolute Gasteiger partial charge is 0.150 e. The highest BCUT2D eigenvalue weighted by Crippen LogP contribution is 2.39. The monoisotopic (exact) mass is 1040 g/mol. The molecule has 3 heteroatoms. The summed E-state index contributed by atoms with van der Waals surface area (Å²) in [6.07, 6.45) is 2.70. The van der Waals surface area contributed by atoms with Gasteiger partial charge >= 0.3 is 0 Å². The second kappa shape index (κ2) is 27.5. The molecule has 0 spiro atoms. The summed E-state index contributed by atoms with van der Waals surface area (Å²) < 4.78 is 0. The van der Waals surface area contributed by atoms with E-state index < -0.39 is 0 Å². The maximum absolute atomic E-state index is 11.3. The highest BCUT2D eigenvalue weighted by atomic mass is 16.1. The van der Waals surface area contributed by atoms with Gasteiger partial charge in [-0.25, -0.2) is 0 Å². The molecule has 0 aliphatic carbocycles. The molecule has 0 amide bonds. The number of rotatable bonds is 16. The first-order valence-electron chi connectivity index (χ1n) is 28.2. The first-order chi connectivity index (χ1) is 37.9. The molecular weight excluding hydrogens is 961 g/mol. The largest absolute Gasteiger partial charge is 0.298 e. The molecule has 0 saturated heterocycles. The molecule has 0 N–H and O–H groups in total. The summed E-state index contributed by atoms with van der Waals surface area (Å²) in [4.78, 5) is 33.1. The van der Waals surface area contributed by atoms with Crippen LogP contribution in [0.2, 0.25) is 0 Å². The fourth-order valence-electron chi connectivity index (χ4n) is 10.7. The van der Waals surface area contributed by atoms with Crippen LogP contribution in [0.25, 0.3) is 0 Å². The molecule has 0 atom stereocenters. The van der Waals surface area contributed by atoms with Gasteiger partial charge in [-0.15, -0.1) is 0 Å². The summed E-state index contributed by atoms with van der Waals surface area (Å²) in [5.41, 5.74) is 24.1. The van der Waals surface area contributed by atoms with Gasteiger partial charge in [-0.1, -0.05) is 284 Å². The van der Waals surface area contributed by atoms with Crippen molar-refractivity contribution in [3.05, 3.63) is 318 Å². The molecular formula is C76H80O3. The van der Waals surface area contributed by atoms with Crippen LogP contribution in [0.5, 0.6) is 0 Å². The van der Waals surface area contributed by atoms with Gasteiger partial charge in [-0.2, -0.15) is 0 Å². The van der Waals surface area contributed by atoms with Crippen molar-refractivity contribution < 1.29 is 14.4 Å². The third-order valence-electron chi connectivity index (χ3n) is 15.0. The van der Waals surface area contributed by atoms with Crippen molar-refractivity contribution in [2.75, 3.05) is 0 Å². The van der Waals surface area contributed by atoms with Gasteiger partial charge in [0.2, 0.25) is 0 Å². The molecule has 402 valence electrons. The average molecular weight is 1040 g/mol. The van der Waals surface area contributed by atoms with Gasteiger partial charge in [0.15, 0.2) is 0 Å². The van der Waals surface area contributed by atoms with Gasteiger partial charge in [-0.3, -0.25) is 14.4 Å². The summed E-state index contributed by atoms with van der Waals surface area (Å²) in [5, 5.41) is 0. The van der Waals surface area contributed by atoms with Gasteiger partial charge < -0.3 is 0 Å². The SMILES string of the molecule is CC(C)c1cc(C(C)C)cc(C(c2ccc(C=O)cc2)c2cc(C(C)C)cc(C(C)C)c2)c1.Cc1cc(C)cc(C(c2ccc(C=O)cc2)c2cc(C)cc(C)c2)c1.O=Cc1ccc(C(c2ccccc2)c2ccccc2)cc1. The van der Waals surface area contributed by atoms with Gasteiger partial charge in [0.05, 0.1) is 0 Å². The minimum absolute atomic E-state index is 0.123. The average Bonchev–Trinajstić information content (AvgIpc) is 3.44. The van der Waals surface area contributed by atoms with Crippen LogP contribution in [0.1, 0.15) is 222 Å². The zero-order chi connectivity index (χ0) is 56.8. The van der Waals surface area contributed by atoms with Gasteiger partial charge in [0, 0.05) is 34.4 Å². The molecule has 9 aromatic rings. The van der Waals surface area contributed by atoms with Crippen molar-refractivity contribution in [3.8, 4) is 0 Å². The molecule has 0 saturated carbocycles. The van der Waals surface area contributed by atoms with Crippen molar-refractivity contribution >= 4 is 18.9 Å². The maximum Gasteiger partial charge on any atom is 0.150 e. The van der Waals surface area contributed by atoms with Crippen LogP contribution in [0.3, 0.4) is 0 Å². The van der Waals surface area contributed by atoms with E-state index in [0.717, 1.165) is 24.4 Å². The molecule has 9 aromatic carbocycles. The van der Waals surface area contributed by atoms with Crippen LogP contribution in [-0.4, -0.2) is 18.9 Å². The summed E-state index contributed by atoms with van der Waals surface area (Å²) in [5.74, 6) is 2.34. The van der Waals surface area contributed by atoms with Gasteiger partial charge in [-0.05, 0) is 124 Å². The fraction of sp³-hybridized carbons (Fsp3) is 0.250. The number of benzene rings is 9. The predicted octanol–water partition coefficient (Wildman–Crippen LogP) is 19.8. The summed E-state index contributed by atoms with van der Waals surface area (Å²) in [6, 6.07) is 72.6. The minimum Gasteiger partial charge on any atom is -0.298 e. The molecule has 3 nitrogen and oxygen atoms in total. The Morgan fingerprint density at radius 1 is 0.228 bits per heavy atom. The van der Waals surface area contributed by atoms with E-state index in [2.05, 4.69) is 229 Å². The van der Waals surface area contributed by atoms with Crippen LogP contribution in [0.15, 0.2) is 206 Å². The van der Waals surface area contributed by atoms with Crippen LogP contribution in [0, 0.1) is 27.7 Å². The van der Waals surface area contributed by atoms with E-state index in [9.17, 15) is 14.4 Å². The third-order valence-corrected chi connectivity index (χ3v) is 15.0. The second-order valence-electron chi connectivity index (χ2n) is 22.8. The first-order valence-corrected chi connectivity index (χ1v) is 28.2. The lowest BCUT2D eigenvalue weighted by atomic mass is 9.79. The Balaban J connectivity index is 0.000000176.